The molecule has 1 heterocycles. The average Bonchev–Trinajstić information content (AvgIpc) is 2.69. The SMILES string of the molecule is Cc1cc(I)ccc1NC(=O)C1CNC(=O)C1. The highest BCUT2D eigenvalue weighted by atomic mass is 127. The molecule has 17 heavy (non-hydrogen) atoms. The second-order valence-corrected chi connectivity index (χ2v) is 5.40. The van der Waals surface area contributed by atoms with Crippen molar-refractivity contribution in [1.29, 1.82) is 0 Å². The third-order valence-corrected chi connectivity index (χ3v) is 3.47. The molecule has 0 aromatic heterocycles. The predicted molar refractivity (Wildman–Crippen MR) is 73.6 cm³/mol. The van der Waals surface area contributed by atoms with Gasteiger partial charge in [-0.1, -0.05) is 0 Å². The maximum Gasteiger partial charge on any atom is 0.229 e. The quantitative estimate of drug-likeness (QED) is 0.802. The van der Waals surface area contributed by atoms with Crippen molar-refractivity contribution >= 4 is 40.1 Å². The van der Waals surface area contributed by atoms with Gasteiger partial charge in [-0.3, -0.25) is 9.59 Å². The smallest absolute Gasteiger partial charge is 0.229 e. The van der Waals surface area contributed by atoms with Crippen LogP contribution in [0.4, 0.5) is 5.69 Å². The van der Waals surface area contributed by atoms with Gasteiger partial charge in [0.05, 0.1) is 5.92 Å². The number of aryl methyl sites for hydroxylation is 1. The van der Waals surface area contributed by atoms with E-state index in [2.05, 4.69) is 33.2 Å². The molecule has 90 valence electrons. The summed E-state index contributed by atoms with van der Waals surface area (Å²) in [4.78, 5) is 22.9. The molecule has 1 aliphatic heterocycles. The van der Waals surface area contributed by atoms with Crippen molar-refractivity contribution in [2.45, 2.75) is 13.3 Å². The van der Waals surface area contributed by atoms with E-state index < -0.39 is 0 Å². The van der Waals surface area contributed by atoms with Gasteiger partial charge >= 0.3 is 0 Å². The molecular formula is C12H13IN2O2. The molecule has 2 amide bonds. The summed E-state index contributed by atoms with van der Waals surface area (Å²) in [6, 6.07) is 5.84. The summed E-state index contributed by atoms with van der Waals surface area (Å²) in [6.45, 7) is 2.39. The maximum atomic E-state index is 11.9. The Labute approximate surface area is 113 Å². The summed E-state index contributed by atoms with van der Waals surface area (Å²) < 4.78 is 1.14. The number of hydrogen-bond donors (Lipinski definition) is 2. The van der Waals surface area contributed by atoms with E-state index in [1.54, 1.807) is 0 Å². The minimum absolute atomic E-state index is 0.0514. The first kappa shape index (κ1) is 12.3. The Kier molecular flexibility index (Phi) is 3.66. The molecule has 1 aliphatic rings. The summed E-state index contributed by atoms with van der Waals surface area (Å²) in [5.41, 5.74) is 1.84. The van der Waals surface area contributed by atoms with Gasteiger partial charge in [-0.15, -0.1) is 0 Å². The van der Waals surface area contributed by atoms with Gasteiger partial charge in [0.2, 0.25) is 11.8 Å². The van der Waals surface area contributed by atoms with Crippen molar-refractivity contribution in [2.75, 3.05) is 11.9 Å². The fourth-order valence-electron chi connectivity index (χ4n) is 1.79. The van der Waals surface area contributed by atoms with Crippen LogP contribution in [0.25, 0.3) is 0 Å². The lowest BCUT2D eigenvalue weighted by atomic mass is 10.1. The van der Waals surface area contributed by atoms with E-state index in [1.807, 2.05) is 25.1 Å². The van der Waals surface area contributed by atoms with E-state index in [-0.39, 0.29) is 24.2 Å². The molecule has 5 heteroatoms. The van der Waals surface area contributed by atoms with Crippen molar-refractivity contribution in [1.82, 2.24) is 5.32 Å². The van der Waals surface area contributed by atoms with Crippen molar-refractivity contribution in [3.8, 4) is 0 Å². The molecule has 1 fully saturated rings. The summed E-state index contributed by atoms with van der Waals surface area (Å²) in [5.74, 6) is -0.390. The van der Waals surface area contributed by atoms with Gasteiger partial charge in [-0.05, 0) is 53.3 Å². The van der Waals surface area contributed by atoms with Gasteiger partial charge in [-0.2, -0.15) is 0 Å². The molecule has 1 saturated heterocycles. The fourth-order valence-corrected chi connectivity index (χ4v) is 2.44. The van der Waals surface area contributed by atoms with Crippen molar-refractivity contribution in [3.05, 3.63) is 27.3 Å². The van der Waals surface area contributed by atoms with Crippen LogP contribution in [0.5, 0.6) is 0 Å². The van der Waals surface area contributed by atoms with Crippen LogP contribution in [0.2, 0.25) is 0 Å². The Morgan fingerprint density at radius 2 is 2.29 bits per heavy atom. The average molecular weight is 344 g/mol. The number of amides is 2. The second kappa shape index (κ2) is 5.03. The van der Waals surface area contributed by atoms with Crippen LogP contribution >= 0.6 is 22.6 Å². The zero-order valence-corrected chi connectivity index (χ0v) is 11.6. The molecule has 0 spiro atoms. The molecule has 1 aromatic rings. The van der Waals surface area contributed by atoms with E-state index in [1.165, 1.54) is 0 Å². The highest BCUT2D eigenvalue weighted by Crippen LogP contribution is 2.19. The Morgan fingerprint density at radius 1 is 1.53 bits per heavy atom. The van der Waals surface area contributed by atoms with Crippen LogP contribution in [-0.2, 0) is 9.59 Å². The predicted octanol–water partition coefficient (Wildman–Crippen LogP) is 1.67. The number of nitrogens with one attached hydrogen (secondary N) is 2. The van der Waals surface area contributed by atoms with E-state index in [9.17, 15) is 9.59 Å². The molecule has 0 saturated carbocycles. The van der Waals surface area contributed by atoms with Crippen LogP contribution in [0.15, 0.2) is 18.2 Å². The van der Waals surface area contributed by atoms with Crippen LogP contribution < -0.4 is 10.6 Å². The first-order valence-corrected chi connectivity index (χ1v) is 6.48. The minimum Gasteiger partial charge on any atom is -0.355 e. The summed E-state index contributed by atoms with van der Waals surface area (Å²) in [7, 11) is 0. The van der Waals surface area contributed by atoms with Gasteiger partial charge in [0, 0.05) is 22.2 Å². The molecule has 0 bridgehead atoms. The van der Waals surface area contributed by atoms with Crippen molar-refractivity contribution in [2.24, 2.45) is 5.92 Å². The lowest BCUT2D eigenvalue weighted by Gasteiger charge is -2.11. The van der Waals surface area contributed by atoms with Crippen LogP contribution in [0.1, 0.15) is 12.0 Å². The number of hydrogen-bond acceptors (Lipinski definition) is 2. The molecule has 1 unspecified atom stereocenters. The van der Waals surface area contributed by atoms with Crippen LogP contribution in [-0.4, -0.2) is 18.4 Å². The van der Waals surface area contributed by atoms with Gasteiger partial charge < -0.3 is 10.6 Å². The molecule has 1 atom stereocenters. The van der Waals surface area contributed by atoms with Gasteiger partial charge in [-0.25, -0.2) is 0 Å². The molecule has 4 nitrogen and oxygen atoms in total. The maximum absolute atomic E-state index is 11.9. The van der Waals surface area contributed by atoms with Gasteiger partial charge in [0.25, 0.3) is 0 Å². The molecular weight excluding hydrogens is 331 g/mol. The van der Waals surface area contributed by atoms with E-state index in [4.69, 9.17) is 0 Å². The lowest BCUT2D eigenvalue weighted by molar-refractivity contribution is -0.123. The van der Waals surface area contributed by atoms with Crippen molar-refractivity contribution in [3.63, 3.8) is 0 Å². The monoisotopic (exact) mass is 344 g/mol. The minimum atomic E-state index is -0.249. The zero-order valence-electron chi connectivity index (χ0n) is 9.42. The lowest BCUT2D eigenvalue weighted by Crippen LogP contribution is -2.25. The number of rotatable bonds is 2. The Balaban J connectivity index is 2.05. The third-order valence-electron chi connectivity index (χ3n) is 2.79. The summed E-state index contributed by atoms with van der Waals surface area (Å²) >= 11 is 2.23. The first-order chi connectivity index (χ1) is 8.06. The summed E-state index contributed by atoms with van der Waals surface area (Å²) in [5, 5.41) is 5.52. The molecule has 0 radical (unpaired) electrons. The number of carbonyl (C=O) groups is 2. The van der Waals surface area contributed by atoms with E-state index in [0.29, 0.717) is 6.54 Å². The van der Waals surface area contributed by atoms with Gasteiger partial charge in [0.15, 0.2) is 0 Å². The fraction of sp³-hybridized carbons (Fsp3) is 0.333. The van der Waals surface area contributed by atoms with E-state index in [0.717, 1.165) is 14.8 Å². The number of anilines is 1. The first-order valence-electron chi connectivity index (χ1n) is 5.40. The van der Waals surface area contributed by atoms with E-state index >= 15 is 0 Å². The van der Waals surface area contributed by atoms with Gasteiger partial charge in [0.1, 0.15) is 0 Å². The number of halogens is 1. The normalized spacial score (nSPS) is 18.9. The molecule has 1 aromatic carbocycles. The van der Waals surface area contributed by atoms with Crippen molar-refractivity contribution < 1.29 is 9.59 Å². The topological polar surface area (TPSA) is 58.2 Å². The second-order valence-electron chi connectivity index (χ2n) is 4.15. The molecule has 2 N–H and O–H groups in total. The number of benzene rings is 1. The number of carbonyl (C=O) groups excluding carboxylic acids is 2. The highest BCUT2D eigenvalue weighted by molar-refractivity contribution is 14.1. The zero-order chi connectivity index (χ0) is 12.4. The van der Waals surface area contributed by atoms with Crippen LogP contribution in [0, 0.1) is 16.4 Å². The molecule has 2 rings (SSSR count). The Morgan fingerprint density at radius 3 is 2.88 bits per heavy atom. The Hall–Kier alpha value is -1.11. The molecule has 0 aliphatic carbocycles. The van der Waals surface area contributed by atoms with Crippen LogP contribution in [0.3, 0.4) is 0 Å². The largest absolute Gasteiger partial charge is 0.355 e. The third kappa shape index (κ3) is 2.96. The highest BCUT2D eigenvalue weighted by Gasteiger charge is 2.27. The Bertz CT molecular complexity index is 474. The summed E-state index contributed by atoms with van der Waals surface area (Å²) in [6.07, 6.45) is 0.287. The standard InChI is InChI=1S/C12H13IN2O2/c1-7-4-9(13)2-3-10(7)15-12(17)8-5-11(16)14-6-8/h2-4,8H,5-6H2,1H3,(H,14,16)(H,15,17).